The van der Waals surface area contributed by atoms with E-state index in [1.807, 2.05) is 0 Å². The first-order valence-corrected chi connectivity index (χ1v) is 6.47. The second kappa shape index (κ2) is 6.75. The molecule has 0 spiro atoms. The number of anilines is 1. The number of halogens is 1. The maximum atomic E-state index is 13.1. The second-order valence-electron chi connectivity index (χ2n) is 4.63. The summed E-state index contributed by atoms with van der Waals surface area (Å²) >= 11 is 0. The van der Waals surface area contributed by atoms with Crippen molar-refractivity contribution >= 4 is 17.6 Å². The molecule has 0 aliphatic heterocycles. The van der Waals surface area contributed by atoms with Crippen LogP contribution in [-0.2, 0) is 9.53 Å². The van der Waals surface area contributed by atoms with Gasteiger partial charge in [0.25, 0.3) is 5.91 Å². The summed E-state index contributed by atoms with van der Waals surface area (Å²) < 4.78 is 17.9. The number of rotatable bonds is 4. The predicted octanol–water partition coefficient (Wildman–Crippen LogP) is 2.03. The van der Waals surface area contributed by atoms with E-state index in [0.29, 0.717) is 16.9 Å². The molecule has 0 fully saturated rings. The molecule has 1 aromatic carbocycles. The van der Waals surface area contributed by atoms with Gasteiger partial charge in [-0.05, 0) is 31.5 Å². The molecule has 7 heteroatoms. The van der Waals surface area contributed by atoms with E-state index < -0.39 is 24.3 Å². The second-order valence-corrected chi connectivity index (χ2v) is 4.63. The Hall–Kier alpha value is -2.83. The van der Waals surface area contributed by atoms with Crippen LogP contribution < -0.4 is 5.32 Å². The van der Waals surface area contributed by atoms with Crippen LogP contribution in [0, 0.1) is 19.7 Å². The van der Waals surface area contributed by atoms with Crippen molar-refractivity contribution in [3.8, 4) is 0 Å². The summed E-state index contributed by atoms with van der Waals surface area (Å²) in [6.45, 7) is 2.96. The Kier molecular flexibility index (Phi) is 4.77. The molecule has 0 saturated carbocycles. The van der Waals surface area contributed by atoms with Crippen LogP contribution in [0.25, 0.3) is 0 Å². The number of hydrogen-bond acceptors (Lipinski definition) is 5. The van der Waals surface area contributed by atoms with E-state index in [-0.39, 0.29) is 5.69 Å². The number of carbonyl (C=O) groups is 2. The molecule has 1 N–H and O–H groups in total. The fourth-order valence-corrected chi connectivity index (χ4v) is 1.62. The van der Waals surface area contributed by atoms with E-state index in [9.17, 15) is 14.0 Å². The van der Waals surface area contributed by atoms with Gasteiger partial charge >= 0.3 is 5.97 Å². The summed E-state index contributed by atoms with van der Waals surface area (Å²) in [5.41, 5.74) is 1.71. The Balaban J connectivity index is 1.91. The van der Waals surface area contributed by atoms with E-state index >= 15 is 0 Å². The first-order chi connectivity index (χ1) is 10.5. The lowest BCUT2D eigenvalue weighted by molar-refractivity contribution is -0.119. The van der Waals surface area contributed by atoms with Gasteiger partial charge in [-0.2, -0.15) is 0 Å². The van der Waals surface area contributed by atoms with Crippen LogP contribution in [0.2, 0.25) is 0 Å². The summed E-state index contributed by atoms with van der Waals surface area (Å²) in [5, 5.41) is 2.47. The molecular weight excluding hydrogens is 289 g/mol. The molecule has 6 nitrogen and oxygen atoms in total. The number of aromatic nitrogens is 2. The Morgan fingerprint density at radius 1 is 1.23 bits per heavy atom. The third kappa shape index (κ3) is 4.08. The standard InChI is InChI=1S/C15H14FN3O3/c1-9-3-4-11(16)5-12(9)19-14(20)8-22-15(21)13-7-17-10(2)6-18-13/h3-7H,8H2,1-2H3,(H,19,20). The molecular formula is C15H14FN3O3. The third-order valence-corrected chi connectivity index (χ3v) is 2.80. The number of nitrogens with zero attached hydrogens (tertiary/aromatic N) is 2. The van der Waals surface area contributed by atoms with Crippen LogP contribution in [0.5, 0.6) is 0 Å². The highest BCUT2D eigenvalue weighted by molar-refractivity contribution is 5.95. The van der Waals surface area contributed by atoms with Gasteiger partial charge in [0.2, 0.25) is 0 Å². The van der Waals surface area contributed by atoms with Crippen LogP contribution in [0.15, 0.2) is 30.6 Å². The fourth-order valence-electron chi connectivity index (χ4n) is 1.62. The van der Waals surface area contributed by atoms with Crippen molar-refractivity contribution in [1.82, 2.24) is 9.97 Å². The zero-order valence-corrected chi connectivity index (χ0v) is 12.1. The maximum Gasteiger partial charge on any atom is 0.359 e. The molecule has 0 radical (unpaired) electrons. The minimum Gasteiger partial charge on any atom is -0.451 e. The maximum absolute atomic E-state index is 13.1. The molecule has 0 unspecified atom stereocenters. The van der Waals surface area contributed by atoms with Gasteiger partial charge in [0, 0.05) is 11.9 Å². The van der Waals surface area contributed by atoms with Gasteiger partial charge < -0.3 is 10.1 Å². The first-order valence-electron chi connectivity index (χ1n) is 6.47. The zero-order valence-electron chi connectivity index (χ0n) is 12.1. The average molecular weight is 303 g/mol. The van der Waals surface area contributed by atoms with E-state index in [1.54, 1.807) is 19.9 Å². The molecule has 1 amide bonds. The number of benzene rings is 1. The van der Waals surface area contributed by atoms with E-state index in [1.165, 1.54) is 24.5 Å². The Morgan fingerprint density at radius 2 is 2.00 bits per heavy atom. The number of aryl methyl sites for hydroxylation is 2. The van der Waals surface area contributed by atoms with Gasteiger partial charge in [-0.25, -0.2) is 14.2 Å². The van der Waals surface area contributed by atoms with Crippen molar-refractivity contribution in [1.29, 1.82) is 0 Å². The molecule has 22 heavy (non-hydrogen) atoms. The van der Waals surface area contributed by atoms with Gasteiger partial charge in [0.1, 0.15) is 5.82 Å². The minimum atomic E-state index is -0.751. The molecule has 114 valence electrons. The number of hydrogen-bond donors (Lipinski definition) is 1. The SMILES string of the molecule is Cc1cnc(C(=O)OCC(=O)Nc2cc(F)ccc2C)cn1. The van der Waals surface area contributed by atoms with Crippen molar-refractivity contribution in [2.45, 2.75) is 13.8 Å². The van der Waals surface area contributed by atoms with Gasteiger partial charge in [-0.15, -0.1) is 0 Å². The largest absolute Gasteiger partial charge is 0.451 e. The molecule has 0 bridgehead atoms. The predicted molar refractivity (Wildman–Crippen MR) is 76.8 cm³/mol. The number of amides is 1. The Labute approximate surface area is 126 Å². The summed E-state index contributed by atoms with van der Waals surface area (Å²) in [6, 6.07) is 4.03. The topological polar surface area (TPSA) is 81.2 Å². The number of esters is 1. The smallest absolute Gasteiger partial charge is 0.359 e. The highest BCUT2D eigenvalue weighted by Gasteiger charge is 2.12. The summed E-state index contributed by atoms with van der Waals surface area (Å²) in [4.78, 5) is 31.1. The summed E-state index contributed by atoms with van der Waals surface area (Å²) in [7, 11) is 0. The average Bonchev–Trinajstić information content (AvgIpc) is 2.49. The van der Waals surface area contributed by atoms with E-state index in [2.05, 4.69) is 15.3 Å². The first kappa shape index (κ1) is 15.6. The molecule has 2 rings (SSSR count). The molecule has 2 aromatic rings. The lowest BCUT2D eigenvalue weighted by atomic mass is 10.2. The molecule has 0 saturated heterocycles. The highest BCUT2D eigenvalue weighted by atomic mass is 19.1. The van der Waals surface area contributed by atoms with Crippen molar-refractivity contribution in [3.05, 3.63) is 53.4 Å². The Bertz CT molecular complexity index is 702. The third-order valence-electron chi connectivity index (χ3n) is 2.80. The van der Waals surface area contributed by atoms with E-state index in [0.717, 1.165) is 0 Å². The monoisotopic (exact) mass is 303 g/mol. The van der Waals surface area contributed by atoms with Crippen LogP contribution >= 0.6 is 0 Å². The molecule has 0 atom stereocenters. The quantitative estimate of drug-likeness (QED) is 0.874. The molecule has 1 aromatic heterocycles. The molecule has 1 heterocycles. The van der Waals surface area contributed by atoms with Gasteiger partial charge in [-0.1, -0.05) is 6.07 Å². The molecule has 0 aliphatic rings. The minimum absolute atomic E-state index is 0.0142. The van der Waals surface area contributed by atoms with Crippen LogP contribution in [-0.4, -0.2) is 28.5 Å². The Morgan fingerprint density at radius 3 is 2.68 bits per heavy atom. The number of carbonyl (C=O) groups excluding carboxylic acids is 2. The van der Waals surface area contributed by atoms with Gasteiger partial charge in [0.15, 0.2) is 12.3 Å². The molecule has 0 aliphatic carbocycles. The lowest BCUT2D eigenvalue weighted by Crippen LogP contribution is -2.22. The highest BCUT2D eigenvalue weighted by Crippen LogP contribution is 2.15. The van der Waals surface area contributed by atoms with Crippen LogP contribution in [0.1, 0.15) is 21.7 Å². The lowest BCUT2D eigenvalue weighted by Gasteiger charge is -2.08. The summed E-state index contributed by atoms with van der Waals surface area (Å²) in [5.74, 6) is -1.78. The van der Waals surface area contributed by atoms with Crippen molar-refractivity contribution in [2.24, 2.45) is 0 Å². The van der Waals surface area contributed by atoms with Crippen molar-refractivity contribution in [3.63, 3.8) is 0 Å². The van der Waals surface area contributed by atoms with Crippen molar-refractivity contribution < 1.29 is 18.7 Å². The fraction of sp³-hybridized carbons (Fsp3) is 0.200. The van der Waals surface area contributed by atoms with Crippen LogP contribution in [0.3, 0.4) is 0 Å². The van der Waals surface area contributed by atoms with Crippen molar-refractivity contribution in [2.75, 3.05) is 11.9 Å². The van der Waals surface area contributed by atoms with Gasteiger partial charge in [0.05, 0.1) is 11.9 Å². The number of nitrogens with one attached hydrogen (secondary N) is 1. The zero-order chi connectivity index (χ0) is 16.1. The normalized spacial score (nSPS) is 10.1. The van der Waals surface area contributed by atoms with E-state index in [4.69, 9.17) is 4.74 Å². The number of ether oxygens (including phenoxy) is 1. The van der Waals surface area contributed by atoms with Gasteiger partial charge in [-0.3, -0.25) is 9.78 Å². The summed E-state index contributed by atoms with van der Waals surface area (Å²) in [6.07, 6.45) is 2.69. The van der Waals surface area contributed by atoms with Crippen LogP contribution in [0.4, 0.5) is 10.1 Å².